The van der Waals surface area contributed by atoms with Crippen LogP contribution in [-0.2, 0) is 0 Å². The Hall–Kier alpha value is -1.61. The Morgan fingerprint density at radius 1 is 1.35 bits per heavy atom. The Morgan fingerprint density at radius 3 is 3.12 bits per heavy atom. The van der Waals surface area contributed by atoms with Gasteiger partial charge in [-0.2, -0.15) is 0 Å². The van der Waals surface area contributed by atoms with E-state index >= 15 is 0 Å². The van der Waals surface area contributed by atoms with Crippen LogP contribution in [0.5, 0.6) is 0 Å². The molecule has 3 heteroatoms. The van der Waals surface area contributed by atoms with Gasteiger partial charge in [-0.05, 0) is 37.5 Å². The lowest BCUT2D eigenvalue weighted by atomic mass is 10.1. The van der Waals surface area contributed by atoms with E-state index in [4.69, 9.17) is 0 Å². The van der Waals surface area contributed by atoms with Crippen LogP contribution in [0.2, 0.25) is 0 Å². The molecule has 1 aliphatic rings. The van der Waals surface area contributed by atoms with E-state index in [0.29, 0.717) is 6.04 Å². The van der Waals surface area contributed by atoms with Gasteiger partial charge in [-0.1, -0.05) is 12.1 Å². The van der Waals surface area contributed by atoms with Gasteiger partial charge < -0.3 is 10.2 Å². The van der Waals surface area contributed by atoms with Crippen molar-refractivity contribution >= 4 is 16.5 Å². The molecule has 0 amide bonds. The molecule has 0 spiro atoms. The lowest BCUT2D eigenvalue weighted by Crippen LogP contribution is -2.23. The summed E-state index contributed by atoms with van der Waals surface area (Å²) in [6, 6.07) is 8.99. The molecule has 0 aliphatic carbocycles. The Bertz CT molecular complexity index is 518. The van der Waals surface area contributed by atoms with Gasteiger partial charge in [0, 0.05) is 36.1 Å². The number of benzene rings is 1. The quantitative estimate of drug-likeness (QED) is 0.853. The predicted molar refractivity (Wildman–Crippen MR) is 71.3 cm³/mol. The maximum atomic E-state index is 4.21. The second kappa shape index (κ2) is 4.34. The summed E-state index contributed by atoms with van der Waals surface area (Å²) >= 11 is 0. The average Bonchev–Trinajstić information content (AvgIpc) is 2.75. The summed E-state index contributed by atoms with van der Waals surface area (Å²) in [6.07, 6.45) is 5.00. The van der Waals surface area contributed by atoms with Crippen molar-refractivity contribution in [3.05, 3.63) is 36.7 Å². The number of pyridine rings is 1. The molecule has 1 aliphatic heterocycles. The first-order chi connectivity index (χ1) is 8.33. The predicted octanol–water partition coefficient (Wildman–Crippen LogP) is 2.35. The average molecular weight is 227 g/mol. The van der Waals surface area contributed by atoms with E-state index in [-0.39, 0.29) is 0 Å². The number of likely N-dealkylation sites (tertiary alicyclic amines) is 1. The van der Waals surface area contributed by atoms with Gasteiger partial charge in [0.05, 0.1) is 0 Å². The van der Waals surface area contributed by atoms with Crippen LogP contribution in [0.1, 0.15) is 6.42 Å². The topological polar surface area (TPSA) is 28.2 Å². The molecule has 2 aromatic rings. The van der Waals surface area contributed by atoms with Crippen molar-refractivity contribution < 1.29 is 0 Å². The highest BCUT2D eigenvalue weighted by atomic mass is 15.2. The Balaban J connectivity index is 1.90. The molecule has 0 saturated carbocycles. The zero-order valence-electron chi connectivity index (χ0n) is 10.1. The number of hydrogen-bond acceptors (Lipinski definition) is 3. The molecule has 0 bridgehead atoms. The third-order valence-corrected chi connectivity index (χ3v) is 3.43. The van der Waals surface area contributed by atoms with Gasteiger partial charge in [0.1, 0.15) is 0 Å². The molecule has 2 heterocycles. The molecule has 0 radical (unpaired) electrons. The third kappa shape index (κ3) is 2.11. The Labute approximate surface area is 101 Å². The molecule has 3 nitrogen and oxygen atoms in total. The van der Waals surface area contributed by atoms with E-state index < -0.39 is 0 Å². The molecule has 17 heavy (non-hydrogen) atoms. The van der Waals surface area contributed by atoms with Crippen LogP contribution in [0.4, 0.5) is 5.69 Å². The number of nitrogens with one attached hydrogen (secondary N) is 1. The van der Waals surface area contributed by atoms with Crippen molar-refractivity contribution in [3.63, 3.8) is 0 Å². The second-order valence-electron chi connectivity index (χ2n) is 4.79. The van der Waals surface area contributed by atoms with Gasteiger partial charge in [-0.3, -0.25) is 4.98 Å². The minimum Gasteiger partial charge on any atom is -0.380 e. The number of anilines is 1. The van der Waals surface area contributed by atoms with Crippen LogP contribution in [0, 0.1) is 0 Å². The first-order valence-electron chi connectivity index (χ1n) is 6.11. The van der Waals surface area contributed by atoms with E-state index in [1.54, 1.807) is 0 Å². The molecule has 1 unspecified atom stereocenters. The highest BCUT2D eigenvalue weighted by molar-refractivity contribution is 5.93. The first kappa shape index (κ1) is 10.5. The fourth-order valence-corrected chi connectivity index (χ4v) is 2.51. The second-order valence-corrected chi connectivity index (χ2v) is 4.79. The van der Waals surface area contributed by atoms with Crippen molar-refractivity contribution in [2.45, 2.75) is 12.5 Å². The van der Waals surface area contributed by atoms with Gasteiger partial charge in [0.15, 0.2) is 0 Å². The summed E-state index contributed by atoms with van der Waals surface area (Å²) in [5.41, 5.74) is 1.20. The number of nitrogens with zero attached hydrogens (tertiary/aromatic N) is 2. The van der Waals surface area contributed by atoms with Crippen LogP contribution in [0.15, 0.2) is 36.7 Å². The molecule has 1 aromatic carbocycles. The van der Waals surface area contributed by atoms with Crippen molar-refractivity contribution in [3.8, 4) is 0 Å². The Kier molecular flexibility index (Phi) is 2.69. The Morgan fingerprint density at radius 2 is 2.29 bits per heavy atom. The molecule has 1 N–H and O–H groups in total. The van der Waals surface area contributed by atoms with Crippen molar-refractivity contribution in [2.24, 2.45) is 0 Å². The molecule has 1 saturated heterocycles. The summed E-state index contributed by atoms with van der Waals surface area (Å²) < 4.78 is 0. The molecule has 88 valence electrons. The summed E-state index contributed by atoms with van der Waals surface area (Å²) in [7, 11) is 2.17. The lowest BCUT2D eigenvalue weighted by molar-refractivity contribution is 0.414. The summed E-state index contributed by atoms with van der Waals surface area (Å²) in [6.45, 7) is 2.30. The van der Waals surface area contributed by atoms with Crippen LogP contribution in [0.3, 0.4) is 0 Å². The van der Waals surface area contributed by atoms with E-state index in [1.807, 2.05) is 12.4 Å². The maximum Gasteiger partial charge on any atom is 0.0438 e. The van der Waals surface area contributed by atoms with Gasteiger partial charge >= 0.3 is 0 Å². The zero-order chi connectivity index (χ0) is 11.7. The monoisotopic (exact) mass is 227 g/mol. The zero-order valence-corrected chi connectivity index (χ0v) is 10.1. The molecule has 1 fully saturated rings. The molecular weight excluding hydrogens is 210 g/mol. The van der Waals surface area contributed by atoms with E-state index in [1.165, 1.54) is 29.4 Å². The highest BCUT2D eigenvalue weighted by Gasteiger charge is 2.19. The van der Waals surface area contributed by atoms with Crippen LogP contribution in [-0.4, -0.2) is 36.1 Å². The minimum atomic E-state index is 0.561. The standard InChI is InChI=1S/C14H17N3/c1-17-8-6-12(10-17)16-14-4-2-3-11-5-7-15-9-13(11)14/h2-5,7,9,12,16H,6,8,10H2,1H3. The number of hydrogen-bond donors (Lipinski definition) is 1. The van der Waals surface area contributed by atoms with Crippen molar-refractivity contribution in [2.75, 3.05) is 25.5 Å². The summed E-state index contributed by atoms with van der Waals surface area (Å²) in [4.78, 5) is 6.57. The molecule has 1 atom stereocenters. The van der Waals surface area contributed by atoms with Gasteiger partial charge in [-0.15, -0.1) is 0 Å². The number of rotatable bonds is 2. The van der Waals surface area contributed by atoms with Gasteiger partial charge in [-0.25, -0.2) is 0 Å². The summed E-state index contributed by atoms with van der Waals surface area (Å²) in [5, 5.41) is 6.09. The van der Waals surface area contributed by atoms with Crippen LogP contribution < -0.4 is 5.32 Å². The van der Waals surface area contributed by atoms with Crippen LogP contribution >= 0.6 is 0 Å². The normalized spacial score (nSPS) is 20.9. The fourth-order valence-electron chi connectivity index (χ4n) is 2.51. The highest BCUT2D eigenvalue weighted by Crippen LogP contribution is 2.24. The van der Waals surface area contributed by atoms with E-state index in [9.17, 15) is 0 Å². The minimum absolute atomic E-state index is 0.561. The van der Waals surface area contributed by atoms with E-state index in [0.717, 1.165) is 6.54 Å². The molecule has 3 rings (SSSR count). The van der Waals surface area contributed by atoms with Crippen molar-refractivity contribution in [1.82, 2.24) is 9.88 Å². The van der Waals surface area contributed by atoms with Crippen molar-refractivity contribution in [1.29, 1.82) is 0 Å². The first-order valence-corrected chi connectivity index (χ1v) is 6.11. The summed E-state index contributed by atoms with van der Waals surface area (Å²) in [5.74, 6) is 0. The fraction of sp³-hybridized carbons (Fsp3) is 0.357. The molecule has 1 aromatic heterocycles. The third-order valence-electron chi connectivity index (χ3n) is 3.43. The maximum absolute atomic E-state index is 4.21. The number of likely N-dealkylation sites (N-methyl/N-ethyl adjacent to an activating group) is 1. The molecular formula is C14H17N3. The van der Waals surface area contributed by atoms with Gasteiger partial charge in [0.2, 0.25) is 0 Å². The van der Waals surface area contributed by atoms with E-state index in [2.05, 4.69) is 46.5 Å². The smallest absolute Gasteiger partial charge is 0.0438 e. The van der Waals surface area contributed by atoms with Gasteiger partial charge in [0.25, 0.3) is 0 Å². The number of fused-ring (bicyclic) bond motifs is 1. The lowest BCUT2D eigenvalue weighted by Gasteiger charge is -2.15. The number of aromatic nitrogens is 1. The SMILES string of the molecule is CN1CCC(Nc2cccc3ccncc23)C1. The van der Waals surface area contributed by atoms with Crippen LogP contribution in [0.25, 0.3) is 10.8 Å². The largest absolute Gasteiger partial charge is 0.380 e.